The molecule has 0 aromatic carbocycles. The number of aliphatic hydroxyl groups excluding tert-OH is 5. The van der Waals surface area contributed by atoms with Crippen molar-refractivity contribution in [3.05, 3.63) is 24.3 Å². The van der Waals surface area contributed by atoms with Crippen molar-refractivity contribution in [3.63, 3.8) is 0 Å². The normalized spacial score (nSPS) is 19.6. The van der Waals surface area contributed by atoms with Crippen LogP contribution in [-0.2, 0) is 23.8 Å². The number of amides is 1. The minimum absolute atomic E-state index is 0.129. The first-order chi connectivity index (χ1) is 35.2. The predicted octanol–water partition coefficient (Wildman–Crippen LogP) is 14.1. The Morgan fingerprint density at radius 2 is 0.917 bits per heavy atom. The summed E-state index contributed by atoms with van der Waals surface area (Å²) in [5.74, 6) is -1.19. The van der Waals surface area contributed by atoms with Gasteiger partial charge < -0.3 is 45.1 Å². The SMILES string of the molecule is CCCCCCCC/C=C/CCCCCCCCCCC(O)C(=O)NC(COC1OC(CO)C(O)C(O)C1OC(=O)CCCCCCCCCCCCCCC)C(O)/C=C/CCCCCCCCCCCC. The van der Waals surface area contributed by atoms with Crippen molar-refractivity contribution < 1.29 is 49.3 Å². The lowest BCUT2D eigenvalue weighted by Gasteiger charge is -2.41. The summed E-state index contributed by atoms with van der Waals surface area (Å²) in [5.41, 5.74) is 0. The molecule has 0 spiro atoms. The Balaban J connectivity index is 2.68. The Hall–Kier alpha value is -1.86. The molecular weight excluding hydrogens is 907 g/mol. The average molecular weight is 1020 g/mol. The van der Waals surface area contributed by atoms with E-state index in [1.165, 1.54) is 180 Å². The number of carbonyl (C=O) groups excluding carboxylic acids is 2. The third-order valence-electron chi connectivity index (χ3n) is 14.6. The monoisotopic (exact) mass is 1020 g/mol. The van der Waals surface area contributed by atoms with Crippen LogP contribution >= 0.6 is 0 Å². The summed E-state index contributed by atoms with van der Waals surface area (Å²) in [5, 5.41) is 56.9. The molecule has 0 aliphatic carbocycles. The molecule has 1 amide bonds. The largest absolute Gasteiger partial charge is 0.454 e. The van der Waals surface area contributed by atoms with Crippen LogP contribution in [0.4, 0.5) is 0 Å². The van der Waals surface area contributed by atoms with Gasteiger partial charge in [0.2, 0.25) is 5.91 Å². The summed E-state index contributed by atoms with van der Waals surface area (Å²) in [6.45, 7) is 5.80. The van der Waals surface area contributed by atoms with Crippen molar-refractivity contribution in [1.29, 1.82) is 0 Å². The van der Waals surface area contributed by atoms with Crippen LogP contribution in [0, 0.1) is 0 Å². The summed E-state index contributed by atoms with van der Waals surface area (Å²) in [6, 6.07) is -1.02. The molecule has 0 aromatic heterocycles. The third kappa shape index (κ3) is 37.8. The molecule has 72 heavy (non-hydrogen) atoms. The highest BCUT2D eigenvalue weighted by Crippen LogP contribution is 2.26. The number of allylic oxidation sites excluding steroid dienone is 3. The Morgan fingerprint density at radius 3 is 1.35 bits per heavy atom. The summed E-state index contributed by atoms with van der Waals surface area (Å²) < 4.78 is 17.6. The number of hydrogen-bond donors (Lipinski definition) is 6. The average Bonchev–Trinajstić information content (AvgIpc) is 3.38. The van der Waals surface area contributed by atoms with E-state index in [-0.39, 0.29) is 13.0 Å². The first kappa shape index (κ1) is 68.2. The number of esters is 1. The van der Waals surface area contributed by atoms with Gasteiger partial charge in [-0.25, -0.2) is 0 Å². The van der Waals surface area contributed by atoms with E-state index >= 15 is 0 Å². The summed E-state index contributed by atoms with van der Waals surface area (Å²) in [7, 11) is 0. The maximum absolute atomic E-state index is 13.4. The minimum atomic E-state index is -1.61. The predicted molar refractivity (Wildman–Crippen MR) is 297 cm³/mol. The van der Waals surface area contributed by atoms with E-state index in [0.29, 0.717) is 19.3 Å². The van der Waals surface area contributed by atoms with Gasteiger partial charge in [-0.2, -0.15) is 0 Å². The lowest BCUT2D eigenvalue weighted by Crippen LogP contribution is -2.61. The van der Waals surface area contributed by atoms with Crippen LogP contribution in [0.2, 0.25) is 0 Å². The molecule has 11 heteroatoms. The van der Waals surface area contributed by atoms with Gasteiger partial charge >= 0.3 is 5.97 Å². The van der Waals surface area contributed by atoms with Crippen LogP contribution in [0.5, 0.6) is 0 Å². The van der Waals surface area contributed by atoms with Gasteiger partial charge in [-0.1, -0.05) is 257 Å². The van der Waals surface area contributed by atoms with Crippen molar-refractivity contribution in [2.75, 3.05) is 13.2 Å². The van der Waals surface area contributed by atoms with Gasteiger partial charge in [0.15, 0.2) is 12.4 Å². The van der Waals surface area contributed by atoms with Gasteiger partial charge in [0, 0.05) is 6.42 Å². The number of rotatable bonds is 52. The summed E-state index contributed by atoms with van der Waals surface area (Å²) in [6.07, 6.45) is 46.4. The molecule has 1 saturated heterocycles. The number of nitrogens with one attached hydrogen (secondary N) is 1. The van der Waals surface area contributed by atoms with E-state index < -0.39 is 67.4 Å². The van der Waals surface area contributed by atoms with E-state index in [0.717, 1.165) is 64.2 Å². The molecule has 424 valence electrons. The number of carbonyl (C=O) groups is 2. The highest BCUT2D eigenvalue weighted by Gasteiger charge is 2.47. The Labute approximate surface area is 441 Å². The second kappa shape index (κ2) is 50.0. The van der Waals surface area contributed by atoms with E-state index in [2.05, 4.69) is 38.2 Å². The zero-order valence-electron chi connectivity index (χ0n) is 46.8. The van der Waals surface area contributed by atoms with E-state index in [9.17, 15) is 35.1 Å². The number of hydrogen-bond acceptors (Lipinski definition) is 10. The molecule has 1 aliphatic heterocycles. The van der Waals surface area contributed by atoms with E-state index in [4.69, 9.17) is 14.2 Å². The number of ether oxygens (including phenoxy) is 3. The fourth-order valence-electron chi connectivity index (χ4n) is 9.71. The highest BCUT2D eigenvalue weighted by atomic mass is 16.7. The fourth-order valence-corrected chi connectivity index (χ4v) is 9.71. The number of aliphatic hydroxyl groups is 5. The highest BCUT2D eigenvalue weighted by molar-refractivity contribution is 5.80. The molecule has 6 N–H and O–H groups in total. The number of unbranched alkanes of at least 4 members (excludes halogenated alkanes) is 36. The topological polar surface area (TPSA) is 175 Å². The molecule has 11 nitrogen and oxygen atoms in total. The lowest BCUT2D eigenvalue weighted by molar-refractivity contribution is -0.305. The summed E-state index contributed by atoms with van der Waals surface area (Å²) >= 11 is 0. The smallest absolute Gasteiger partial charge is 0.306 e. The van der Waals surface area contributed by atoms with E-state index in [1.807, 2.05) is 6.08 Å². The van der Waals surface area contributed by atoms with Crippen molar-refractivity contribution >= 4 is 11.9 Å². The van der Waals surface area contributed by atoms with Gasteiger partial charge in [0.25, 0.3) is 0 Å². The first-order valence-electron chi connectivity index (χ1n) is 30.6. The van der Waals surface area contributed by atoms with Gasteiger partial charge in [-0.05, 0) is 51.4 Å². The van der Waals surface area contributed by atoms with Gasteiger partial charge in [0.05, 0.1) is 25.4 Å². The maximum Gasteiger partial charge on any atom is 0.306 e. The lowest BCUT2D eigenvalue weighted by atomic mass is 9.99. The maximum atomic E-state index is 13.4. The molecule has 0 aromatic rings. The van der Waals surface area contributed by atoms with Crippen LogP contribution in [-0.4, -0.2) is 99.6 Å². The third-order valence-corrected chi connectivity index (χ3v) is 14.6. The van der Waals surface area contributed by atoms with Crippen molar-refractivity contribution in [3.8, 4) is 0 Å². The van der Waals surface area contributed by atoms with Crippen molar-refractivity contribution in [1.82, 2.24) is 5.32 Å². The standard InChI is InChI=1S/C61H115NO10/c1-4-7-10-13-16-19-22-25-26-27-28-29-31-33-36-39-42-45-48-54(65)60(69)62-52(53(64)47-44-41-38-35-32-24-21-18-15-12-9-6-3)51-70-61-59(58(68)57(67)55(50-63)71-61)72-56(66)49-46-43-40-37-34-30-23-20-17-14-11-8-5-2/h25-26,44,47,52-55,57-59,61,63-65,67-68H,4-24,27-43,45-46,48-51H2,1-3H3,(H,62,69)/b26-25+,47-44+. The zero-order valence-corrected chi connectivity index (χ0v) is 46.8. The molecule has 1 fully saturated rings. The van der Waals surface area contributed by atoms with Crippen LogP contribution in [0.15, 0.2) is 24.3 Å². The Kier molecular flexibility index (Phi) is 47.3. The van der Waals surface area contributed by atoms with Gasteiger partial charge in [-0.3, -0.25) is 9.59 Å². The molecule has 1 heterocycles. The van der Waals surface area contributed by atoms with Crippen molar-refractivity contribution in [2.24, 2.45) is 0 Å². The molecule has 8 unspecified atom stereocenters. The molecule has 8 atom stereocenters. The van der Waals surface area contributed by atoms with Crippen LogP contribution in [0.25, 0.3) is 0 Å². The van der Waals surface area contributed by atoms with Crippen LogP contribution < -0.4 is 5.32 Å². The molecule has 1 rings (SSSR count). The molecule has 0 bridgehead atoms. The van der Waals surface area contributed by atoms with Crippen LogP contribution in [0.1, 0.15) is 290 Å². The minimum Gasteiger partial charge on any atom is -0.454 e. The second-order valence-electron chi connectivity index (χ2n) is 21.4. The van der Waals surface area contributed by atoms with Gasteiger partial charge in [-0.15, -0.1) is 0 Å². The first-order valence-corrected chi connectivity index (χ1v) is 30.6. The quantitative estimate of drug-likeness (QED) is 0.0195. The molecule has 1 aliphatic rings. The fraction of sp³-hybridized carbons (Fsp3) is 0.902. The van der Waals surface area contributed by atoms with Crippen LogP contribution in [0.3, 0.4) is 0 Å². The Bertz CT molecular complexity index is 1270. The van der Waals surface area contributed by atoms with Crippen molar-refractivity contribution in [2.45, 2.75) is 339 Å². The van der Waals surface area contributed by atoms with E-state index in [1.54, 1.807) is 6.08 Å². The molecular formula is C61H115NO10. The Morgan fingerprint density at radius 1 is 0.528 bits per heavy atom. The summed E-state index contributed by atoms with van der Waals surface area (Å²) in [4.78, 5) is 26.5. The van der Waals surface area contributed by atoms with Gasteiger partial charge in [0.1, 0.15) is 24.4 Å². The molecule has 0 radical (unpaired) electrons. The molecule has 0 saturated carbocycles. The zero-order chi connectivity index (χ0) is 52.5. The second-order valence-corrected chi connectivity index (χ2v) is 21.4.